The first-order valence-corrected chi connectivity index (χ1v) is 8.72. The van der Waals surface area contributed by atoms with E-state index in [2.05, 4.69) is 10.3 Å². The summed E-state index contributed by atoms with van der Waals surface area (Å²) in [5, 5.41) is 7.72. The molecular formula is C19H16N2O3S. The number of rotatable bonds is 4. The number of methoxy groups -OCH3 is 1. The minimum absolute atomic E-state index is 0.140. The van der Waals surface area contributed by atoms with Crippen LogP contribution in [-0.4, -0.2) is 18.0 Å². The summed E-state index contributed by atoms with van der Waals surface area (Å²) < 4.78 is 11.3. The average Bonchev–Trinajstić information content (AvgIpc) is 3.16. The molecular weight excluding hydrogens is 336 g/mol. The van der Waals surface area contributed by atoms with Crippen molar-refractivity contribution in [1.82, 2.24) is 4.98 Å². The van der Waals surface area contributed by atoms with Gasteiger partial charge in [0, 0.05) is 22.2 Å². The van der Waals surface area contributed by atoms with E-state index in [0.29, 0.717) is 17.0 Å². The van der Waals surface area contributed by atoms with Gasteiger partial charge in [0.1, 0.15) is 16.9 Å². The molecule has 0 spiro atoms. The summed E-state index contributed by atoms with van der Waals surface area (Å²) in [7, 11) is 1.59. The molecule has 0 unspecified atom stereocenters. The number of benzene rings is 2. The van der Waals surface area contributed by atoms with E-state index in [4.69, 9.17) is 9.15 Å². The van der Waals surface area contributed by atoms with Crippen molar-refractivity contribution < 1.29 is 13.9 Å². The molecule has 0 atom stereocenters. The quantitative estimate of drug-likeness (QED) is 0.585. The number of aromatic nitrogens is 1. The van der Waals surface area contributed by atoms with Gasteiger partial charge in [0.15, 0.2) is 0 Å². The molecule has 6 heteroatoms. The zero-order valence-corrected chi connectivity index (χ0v) is 14.6. The summed E-state index contributed by atoms with van der Waals surface area (Å²) in [5.74, 6) is 0.459. The Morgan fingerprint density at radius 3 is 2.84 bits per heavy atom. The van der Waals surface area contributed by atoms with E-state index in [-0.39, 0.29) is 12.3 Å². The molecule has 2 aromatic heterocycles. The first kappa shape index (κ1) is 15.7. The summed E-state index contributed by atoms with van der Waals surface area (Å²) in [6, 6.07) is 11.5. The number of hydrogen-bond donors (Lipinski definition) is 1. The van der Waals surface area contributed by atoms with Crippen LogP contribution in [0.3, 0.4) is 0 Å². The number of furan rings is 1. The SMILES string of the molecule is COc1cc2c(cc1NC(=O)Cc1csc(C)n1)oc1ccccc12. The summed E-state index contributed by atoms with van der Waals surface area (Å²) >= 11 is 1.53. The van der Waals surface area contributed by atoms with Crippen LogP contribution in [0.1, 0.15) is 10.7 Å². The lowest BCUT2D eigenvalue weighted by Gasteiger charge is -2.10. The van der Waals surface area contributed by atoms with Crippen LogP contribution >= 0.6 is 11.3 Å². The molecule has 1 N–H and O–H groups in total. The Labute approximate surface area is 148 Å². The second-order valence-corrected chi connectivity index (χ2v) is 6.79. The highest BCUT2D eigenvalue weighted by molar-refractivity contribution is 7.09. The summed E-state index contributed by atoms with van der Waals surface area (Å²) in [5.41, 5.74) is 2.87. The molecule has 0 aliphatic heterocycles. The third kappa shape index (κ3) is 2.96. The number of thiazole rings is 1. The molecule has 2 heterocycles. The highest BCUT2D eigenvalue weighted by atomic mass is 32.1. The van der Waals surface area contributed by atoms with Gasteiger partial charge in [0.2, 0.25) is 5.91 Å². The number of hydrogen-bond acceptors (Lipinski definition) is 5. The molecule has 4 aromatic rings. The van der Waals surface area contributed by atoms with Gasteiger partial charge in [-0.25, -0.2) is 4.98 Å². The van der Waals surface area contributed by atoms with E-state index in [1.54, 1.807) is 13.2 Å². The van der Waals surface area contributed by atoms with Crippen molar-refractivity contribution in [3.63, 3.8) is 0 Å². The minimum atomic E-state index is -0.140. The monoisotopic (exact) mass is 352 g/mol. The maximum Gasteiger partial charge on any atom is 0.230 e. The van der Waals surface area contributed by atoms with Gasteiger partial charge in [-0.1, -0.05) is 18.2 Å². The van der Waals surface area contributed by atoms with Gasteiger partial charge in [-0.3, -0.25) is 4.79 Å². The lowest BCUT2D eigenvalue weighted by Crippen LogP contribution is -2.15. The molecule has 0 aliphatic rings. The predicted octanol–water partition coefficient (Wildman–Crippen LogP) is 4.54. The normalized spacial score (nSPS) is 11.1. The topological polar surface area (TPSA) is 64.4 Å². The Morgan fingerprint density at radius 2 is 2.08 bits per heavy atom. The molecule has 0 aliphatic carbocycles. The summed E-state index contributed by atoms with van der Waals surface area (Å²) in [6.07, 6.45) is 0.228. The Hall–Kier alpha value is -2.86. The van der Waals surface area contributed by atoms with Crippen molar-refractivity contribution >= 4 is 44.9 Å². The van der Waals surface area contributed by atoms with Gasteiger partial charge in [-0.2, -0.15) is 0 Å². The van der Waals surface area contributed by atoms with E-state index in [0.717, 1.165) is 27.1 Å². The van der Waals surface area contributed by atoms with Crippen molar-refractivity contribution in [3.05, 3.63) is 52.5 Å². The van der Waals surface area contributed by atoms with Crippen molar-refractivity contribution in [1.29, 1.82) is 0 Å². The highest BCUT2D eigenvalue weighted by Crippen LogP contribution is 2.36. The Kier molecular flexibility index (Phi) is 3.89. The Morgan fingerprint density at radius 1 is 1.24 bits per heavy atom. The van der Waals surface area contributed by atoms with Crippen LogP contribution in [0.2, 0.25) is 0 Å². The van der Waals surface area contributed by atoms with E-state index < -0.39 is 0 Å². The number of carbonyl (C=O) groups is 1. The first-order valence-electron chi connectivity index (χ1n) is 7.84. The van der Waals surface area contributed by atoms with Gasteiger partial charge in [-0.15, -0.1) is 11.3 Å². The fourth-order valence-electron chi connectivity index (χ4n) is 2.87. The van der Waals surface area contributed by atoms with Gasteiger partial charge in [0.25, 0.3) is 0 Å². The fraction of sp³-hybridized carbons (Fsp3) is 0.158. The molecule has 1 amide bonds. The smallest absolute Gasteiger partial charge is 0.230 e. The number of carbonyl (C=O) groups excluding carboxylic acids is 1. The molecule has 0 bridgehead atoms. The molecule has 0 radical (unpaired) electrons. The van der Waals surface area contributed by atoms with Crippen LogP contribution in [0.15, 0.2) is 46.2 Å². The van der Waals surface area contributed by atoms with Crippen LogP contribution in [0.4, 0.5) is 5.69 Å². The second kappa shape index (κ2) is 6.22. The van der Waals surface area contributed by atoms with E-state index >= 15 is 0 Å². The number of amides is 1. The lowest BCUT2D eigenvalue weighted by molar-refractivity contribution is -0.115. The molecule has 2 aromatic carbocycles. The first-order chi connectivity index (χ1) is 12.1. The van der Waals surface area contributed by atoms with Crippen molar-refractivity contribution in [2.75, 3.05) is 12.4 Å². The number of para-hydroxylation sites is 1. The van der Waals surface area contributed by atoms with Crippen LogP contribution < -0.4 is 10.1 Å². The van der Waals surface area contributed by atoms with Crippen molar-refractivity contribution in [2.24, 2.45) is 0 Å². The van der Waals surface area contributed by atoms with E-state index in [1.807, 2.05) is 42.6 Å². The zero-order chi connectivity index (χ0) is 17.4. The molecule has 126 valence electrons. The molecule has 25 heavy (non-hydrogen) atoms. The number of ether oxygens (including phenoxy) is 1. The van der Waals surface area contributed by atoms with Gasteiger partial charge in [-0.05, 0) is 19.1 Å². The summed E-state index contributed by atoms with van der Waals surface area (Å²) in [4.78, 5) is 16.7. The highest BCUT2D eigenvalue weighted by Gasteiger charge is 2.14. The number of aryl methyl sites for hydroxylation is 1. The van der Waals surface area contributed by atoms with Crippen molar-refractivity contribution in [3.8, 4) is 5.75 Å². The predicted molar refractivity (Wildman–Crippen MR) is 99.5 cm³/mol. The molecule has 5 nitrogen and oxygen atoms in total. The average molecular weight is 352 g/mol. The molecule has 0 saturated carbocycles. The van der Waals surface area contributed by atoms with Crippen LogP contribution in [0.25, 0.3) is 21.9 Å². The maximum atomic E-state index is 12.3. The van der Waals surface area contributed by atoms with E-state index in [9.17, 15) is 4.79 Å². The number of anilines is 1. The van der Waals surface area contributed by atoms with Gasteiger partial charge < -0.3 is 14.5 Å². The Bertz CT molecular complexity index is 1080. The number of nitrogens with zero attached hydrogens (tertiary/aromatic N) is 1. The third-order valence-corrected chi connectivity index (χ3v) is 4.80. The van der Waals surface area contributed by atoms with Crippen LogP contribution in [-0.2, 0) is 11.2 Å². The number of fused-ring (bicyclic) bond motifs is 3. The molecule has 0 saturated heterocycles. The van der Waals surface area contributed by atoms with Gasteiger partial charge >= 0.3 is 0 Å². The van der Waals surface area contributed by atoms with Gasteiger partial charge in [0.05, 0.1) is 29.9 Å². The number of nitrogens with one attached hydrogen (secondary N) is 1. The summed E-state index contributed by atoms with van der Waals surface area (Å²) in [6.45, 7) is 1.92. The minimum Gasteiger partial charge on any atom is -0.495 e. The second-order valence-electron chi connectivity index (χ2n) is 5.73. The fourth-order valence-corrected chi connectivity index (χ4v) is 3.48. The maximum absolute atomic E-state index is 12.3. The molecule has 4 rings (SSSR count). The third-order valence-electron chi connectivity index (χ3n) is 3.98. The van der Waals surface area contributed by atoms with E-state index in [1.165, 1.54) is 11.3 Å². The van der Waals surface area contributed by atoms with Crippen LogP contribution in [0.5, 0.6) is 5.75 Å². The standard InChI is InChI=1S/C19H16N2O3S/c1-11-20-12(10-25-11)7-19(22)21-15-9-17-14(8-18(15)23-2)13-5-3-4-6-16(13)24-17/h3-6,8-10H,7H2,1-2H3,(H,21,22). The molecule has 0 fully saturated rings. The lowest BCUT2D eigenvalue weighted by atomic mass is 10.1. The van der Waals surface area contributed by atoms with Crippen molar-refractivity contribution in [2.45, 2.75) is 13.3 Å². The van der Waals surface area contributed by atoms with Crippen LogP contribution in [0, 0.1) is 6.92 Å². The Balaban J connectivity index is 1.68. The largest absolute Gasteiger partial charge is 0.495 e. The zero-order valence-electron chi connectivity index (χ0n) is 13.8.